The van der Waals surface area contributed by atoms with Gasteiger partial charge >= 0.3 is 18.1 Å². The molecular formula is C28H31F3N2O7. The van der Waals surface area contributed by atoms with Crippen molar-refractivity contribution in [2.24, 2.45) is 17.8 Å². The van der Waals surface area contributed by atoms with Gasteiger partial charge in [0.2, 0.25) is 11.8 Å². The molecule has 2 heterocycles. The first-order chi connectivity index (χ1) is 18.7. The lowest BCUT2D eigenvalue weighted by atomic mass is 9.75. The van der Waals surface area contributed by atoms with Gasteiger partial charge in [-0.25, -0.2) is 4.79 Å². The Hall–Kier alpha value is -3.93. The van der Waals surface area contributed by atoms with Gasteiger partial charge in [-0.2, -0.15) is 13.2 Å². The number of likely N-dealkylation sites (tertiary alicyclic amines) is 1. The Kier molecular flexibility index (Phi) is 8.93. The minimum absolute atomic E-state index is 0.113. The summed E-state index contributed by atoms with van der Waals surface area (Å²) < 4.78 is 42.1. The molecule has 12 heteroatoms. The van der Waals surface area contributed by atoms with E-state index in [1.165, 1.54) is 14.2 Å². The maximum absolute atomic E-state index is 13.1. The van der Waals surface area contributed by atoms with Gasteiger partial charge in [-0.05, 0) is 41.2 Å². The zero-order chi connectivity index (χ0) is 30.0. The second-order valence-corrected chi connectivity index (χ2v) is 10.1. The van der Waals surface area contributed by atoms with Gasteiger partial charge in [0.15, 0.2) is 0 Å². The van der Waals surface area contributed by atoms with Crippen molar-refractivity contribution < 1.29 is 46.9 Å². The average molecular weight is 565 g/mol. The van der Waals surface area contributed by atoms with Crippen molar-refractivity contribution in [1.29, 1.82) is 0 Å². The molecule has 2 amide bonds. The van der Waals surface area contributed by atoms with Crippen LogP contribution in [0.4, 0.5) is 13.2 Å². The largest absolute Gasteiger partial charge is 0.497 e. The monoisotopic (exact) mass is 564 g/mol. The van der Waals surface area contributed by atoms with Crippen LogP contribution in [0.3, 0.4) is 0 Å². The van der Waals surface area contributed by atoms with Crippen LogP contribution in [0.1, 0.15) is 31.9 Å². The number of halogens is 3. The fourth-order valence-corrected chi connectivity index (χ4v) is 5.38. The van der Waals surface area contributed by atoms with Crippen molar-refractivity contribution in [3.05, 3.63) is 54.1 Å². The normalized spacial score (nSPS) is 23.9. The van der Waals surface area contributed by atoms with E-state index in [0.717, 1.165) is 27.3 Å². The molecular weight excluding hydrogens is 533 g/mol. The number of carbonyl (C=O) groups excluding carboxylic acids is 3. The van der Waals surface area contributed by atoms with Crippen molar-refractivity contribution in [1.82, 2.24) is 10.2 Å². The quantitative estimate of drug-likeness (QED) is 0.401. The molecule has 0 spiro atoms. The number of imide groups is 1. The fourth-order valence-electron chi connectivity index (χ4n) is 5.38. The van der Waals surface area contributed by atoms with Crippen LogP contribution >= 0.6 is 0 Å². The minimum atomic E-state index is -5.08. The van der Waals surface area contributed by atoms with Gasteiger partial charge in [-0.15, -0.1) is 0 Å². The first-order valence-corrected chi connectivity index (χ1v) is 12.4. The van der Waals surface area contributed by atoms with Gasteiger partial charge in [0.1, 0.15) is 11.3 Å². The first kappa shape index (κ1) is 30.6. The fraction of sp³-hybridized carbons (Fsp3) is 0.429. The van der Waals surface area contributed by atoms with Gasteiger partial charge < -0.3 is 14.6 Å². The number of carbonyl (C=O) groups is 4. The Morgan fingerprint density at radius 2 is 1.50 bits per heavy atom. The third kappa shape index (κ3) is 5.81. The number of amides is 2. The van der Waals surface area contributed by atoms with E-state index < -0.39 is 41.5 Å². The molecule has 2 aromatic rings. The maximum Gasteiger partial charge on any atom is 0.490 e. The maximum atomic E-state index is 13.1. The molecule has 9 nitrogen and oxygen atoms in total. The average Bonchev–Trinajstić information content (AvgIpc) is 3.37. The number of carboxylic acids is 1. The number of nitrogens with zero attached hydrogens (tertiary/aromatic N) is 1. The number of benzene rings is 2. The van der Waals surface area contributed by atoms with E-state index in [1.807, 2.05) is 62.4 Å². The van der Waals surface area contributed by atoms with Crippen LogP contribution in [0.2, 0.25) is 0 Å². The molecule has 0 aromatic heterocycles. The second kappa shape index (κ2) is 11.7. The molecule has 0 saturated carbocycles. The van der Waals surface area contributed by atoms with Crippen LogP contribution in [-0.2, 0) is 23.9 Å². The summed E-state index contributed by atoms with van der Waals surface area (Å²) in [5.74, 6) is -4.41. The standard InChI is InChI=1S/C26H30N2O5.C2HF3O2/c1-15(2)14-26(25(31)33-5)21-20(23(29)28(3)24(21)30)22(27-26)18-8-6-16(7-9-18)17-10-12-19(32-4)13-11-17;3-2(4,5)1(6)7/h6-13,15,20-22,27H,14H2,1-5H3;(H,6,7)/t20?,21?,22?,26-;/m1./s1. The zero-order valence-electron chi connectivity index (χ0n) is 22.6. The smallest absolute Gasteiger partial charge is 0.490 e. The van der Waals surface area contributed by atoms with E-state index in [-0.39, 0.29) is 17.7 Å². The Morgan fingerprint density at radius 3 is 1.93 bits per heavy atom. The molecule has 2 aliphatic heterocycles. The molecule has 2 aromatic carbocycles. The van der Waals surface area contributed by atoms with Crippen LogP contribution in [0, 0.1) is 17.8 Å². The zero-order valence-corrected chi connectivity index (χ0v) is 22.6. The first-order valence-electron chi connectivity index (χ1n) is 12.4. The van der Waals surface area contributed by atoms with Crippen LogP contribution in [0.25, 0.3) is 11.1 Å². The number of ether oxygens (including phenoxy) is 2. The van der Waals surface area contributed by atoms with Crippen LogP contribution in [0.15, 0.2) is 48.5 Å². The third-order valence-electron chi connectivity index (χ3n) is 7.09. The molecule has 216 valence electrons. The van der Waals surface area contributed by atoms with E-state index in [9.17, 15) is 27.6 Å². The summed E-state index contributed by atoms with van der Waals surface area (Å²) in [6.45, 7) is 3.98. The number of hydrogen-bond acceptors (Lipinski definition) is 7. The number of methoxy groups -OCH3 is 2. The summed E-state index contributed by atoms with van der Waals surface area (Å²) in [6.07, 6.45) is -4.69. The molecule has 0 bridgehead atoms. The molecule has 4 atom stereocenters. The summed E-state index contributed by atoms with van der Waals surface area (Å²) in [7, 11) is 4.44. The highest BCUT2D eigenvalue weighted by Crippen LogP contribution is 2.51. The van der Waals surface area contributed by atoms with Crippen molar-refractivity contribution in [3.63, 3.8) is 0 Å². The summed E-state index contributed by atoms with van der Waals surface area (Å²) in [4.78, 5) is 49.4. The van der Waals surface area contributed by atoms with E-state index in [1.54, 1.807) is 7.11 Å². The summed E-state index contributed by atoms with van der Waals surface area (Å²) >= 11 is 0. The second-order valence-electron chi connectivity index (χ2n) is 10.1. The lowest BCUT2D eigenvalue weighted by molar-refractivity contribution is -0.192. The van der Waals surface area contributed by atoms with Crippen LogP contribution in [0.5, 0.6) is 5.75 Å². The molecule has 0 radical (unpaired) electrons. The molecule has 3 unspecified atom stereocenters. The Bertz CT molecular complexity index is 1260. The molecule has 2 fully saturated rings. The summed E-state index contributed by atoms with van der Waals surface area (Å²) in [6, 6.07) is 15.2. The van der Waals surface area contributed by atoms with Crippen molar-refractivity contribution in [2.75, 3.05) is 21.3 Å². The minimum Gasteiger partial charge on any atom is -0.497 e. The lowest BCUT2D eigenvalue weighted by Gasteiger charge is -2.33. The number of nitrogens with one attached hydrogen (secondary N) is 1. The predicted octanol–water partition coefficient (Wildman–Crippen LogP) is 3.83. The van der Waals surface area contributed by atoms with Crippen molar-refractivity contribution in [3.8, 4) is 16.9 Å². The molecule has 2 saturated heterocycles. The van der Waals surface area contributed by atoms with Gasteiger partial charge in [-0.1, -0.05) is 50.2 Å². The number of hydrogen-bond donors (Lipinski definition) is 2. The highest BCUT2D eigenvalue weighted by atomic mass is 19.4. The Balaban J connectivity index is 0.000000559. The lowest BCUT2D eigenvalue weighted by Crippen LogP contribution is -2.56. The van der Waals surface area contributed by atoms with E-state index in [2.05, 4.69) is 5.32 Å². The number of fused-ring (bicyclic) bond motifs is 1. The van der Waals surface area contributed by atoms with Crippen molar-refractivity contribution >= 4 is 23.8 Å². The Labute approximate surface area is 229 Å². The molecule has 40 heavy (non-hydrogen) atoms. The number of carboxylic acid groups (broad SMARTS) is 1. The number of esters is 1. The van der Waals surface area contributed by atoms with Crippen molar-refractivity contribution in [2.45, 2.75) is 38.0 Å². The number of aliphatic carboxylic acids is 1. The van der Waals surface area contributed by atoms with Crippen LogP contribution < -0.4 is 10.1 Å². The van der Waals surface area contributed by atoms with E-state index in [0.29, 0.717) is 6.42 Å². The van der Waals surface area contributed by atoms with Crippen LogP contribution in [-0.4, -0.2) is 66.7 Å². The SMILES string of the molecule is COC(=O)[C@]1(CC(C)C)NC(c2ccc(-c3ccc(OC)cc3)cc2)C2C(=O)N(C)C(=O)C21.O=C(O)C(F)(F)F. The number of alkyl halides is 3. The van der Waals surface area contributed by atoms with Gasteiger partial charge in [-0.3, -0.25) is 24.6 Å². The molecule has 4 rings (SSSR count). The molecule has 0 aliphatic carbocycles. The predicted molar refractivity (Wildman–Crippen MR) is 137 cm³/mol. The van der Waals surface area contributed by atoms with Gasteiger partial charge in [0.25, 0.3) is 0 Å². The topological polar surface area (TPSA) is 122 Å². The molecule has 2 aliphatic rings. The number of rotatable bonds is 6. The highest BCUT2D eigenvalue weighted by molar-refractivity contribution is 6.09. The highest BCUT2D eigenvalue weighted by Gasteiger charge is 2.68. The van der Waals surface area contributed by atoms with E-state index >= 15 is 0 Å². The van der Waals surface area contributed by atoms with Gasteiger partial charge in [0, 0.05) is 13.1 Å². The summed E-state index contributed by atoms with van der Waals surface area (Å²) in [5, 5.41) is 10.5. The molecule has 2 N–H and O–H groups in total. The van der Waals surface area contributed by atoms with Gasteiger partial charge in [0.05, 0.1) is 26.1 Å². The third-order valence-corrected chi connectivity index (χ3v) is 7.09. The summed E-state index contributed by atoms with van der Waals surface area (Å²) in [5.41, 5.74) is 1.66. The van der Waals surface area contributed by atoms with E-state index in [4.69, 9.17) is 19.4 Å². The Morgan fingerprint density at radius 1 is 1.00 bits per heavy atom.